The zero-order valence-electron chi connectivity index (χ0n) is 14.4. The summed E-state index contributed by atoms with van der Waals surface area (Å²) in [7, 11) is 0. The van der Waals surface area contributed by atoms with Crippen molar-refractivity contribution in [3.05, 3.63) is 41.5 Å². The van der Waals surface area contributed by atoms with Crippen molar-refractivity contribution in [3.63, 3.8) is 0 Å². The molecule has 4 nitrogen and oxygen atoms in total. The molecule has 0 aliphatic carbocycles. The number of rotatable bonds is 11. The third kappa shape index (κ3) is 8.86. The summed E-state index contributed by atoms with van der Waals surface area (Å²) in [6.07, 6.45) is 9.51. The first kappa shape index (κ1) is 23.2. The topological polar surface area (TPSA) is 80.3 Å². The van der Waals surface area contributed by atoms with Crippen molar-refractivity contribution in [1.82, 2.24) is 0 Å². The monoisotopic (exact) mass is 356 g/mol. The Balaban J connectivity index is 0.00000529. The van der Waals surface area contributed by atoms with Gasteiger partial charge >= 0.3 is 37.7 Å². The van der Waals surface area contributed by atoms with Crippen LogP contribution >= 0.6 is 0 Å². The summed E-state index contributed by atoms with van der Waals surface area (Å²) in [5, 5.41) is 21.9. The van der Waals surface area contributed by atoms with Crippen LogP contribution in [-0.2, 0) is 16.0 Å². The first-order chi connectivity index (χ1) is 11.1. The van der Waals surface area contributed by atoms with Gasteiger partial charge in [-0.05, 0) is 30.0 Å². The van der Waals surface area contributed by atoms with Crippen molar-refractivity contribution < 1.29 is 19.8 Å². The predicted octanol–water partition coefficient (Wildman–Crippen LogP) is 1.48. The smallest absolute Gasteiger partial charge is 0.545 e. The maximum Gasteiger partial charge on any atom is 2.00 e. The Morgan fingerprint density at radius 3 is 2.12 bits per heavy atom. The molecule has 0 aromatic heterocycles. The molecule has 5 heteroatoms. The number of benzene rings is 1. The second kappa shape index (κ2) is 13.5. The van der Waals surface area contributed by atoms with Gasteiger partial charge < -0.3 is 19.8 Å². The van der Waals surface area contributed by atoms with Crippen LogP contribution in [0, 0.1) is 0 Å². The van der Waals surface area contributed by atoms with Crippen LogP contribution < -0.4 is 10.2 Å². The molecule has 1 aromatic rings. The number of unbranched alkanes of at least 4 members (excludes halogenated alkanes) is 6. The van der Waals surface area contributed by atoms with E-state index in [2.05, 4.69) is 6.92 Å². The molecule has 0 atom stereocenters. The maximum atomic E-state index is 11.2. The van der Waals surface area contributed by atoms with Crippen LogP contribution in [0.1, 0.15) is 63.0 Å². The molecular formula is C19H24CaO4. The Morgan fingerprint density at radius 1 is 0.958 bits per heavy atom. The Morgan fingerprint density at radius 2 is 1.54 bits per heavy atom. The van der Waals surface area contributed by atoms with E-state index >= 15 is 0 Å². The number of aliphatic carboxylic acids is 2. The van der Waals surface area contributed by atoms with Gasteiger partial charge in [-0.25, -0.2) is 0 Å². The molecule has 126 valence electrons. The van der Waals surface area contributed by atoms with E-state index in [1.807, 2.05) is 12.1 Å². The van der Waals surface area contributed by atoms with Crippen molar-refractivity contribution in [3.8, 4) is 0 Å². The first-order valence-corrected chi connectivity index (χ1v) is 8.28. The van der Waals surface area contributed by atoms with Gasteiger partial charge in [0.15, 0.2) is 0 Å². The maximum absolute atomic E-state index is 11.2. The molecule has 1 aromatic carbocycles. The molecule has 0 saturated carbocycles. The summed E-state index contributed by atoms with van der Waals surface area (Å²) >= 11 is 0. The van der Waals surface area contributed by atoms with Crippen LogP contribution in [0.5, 0.6) is 0 Å². The largest absolute Gasteiger partial charge is 2.00 e. The number of aryl methyl sites for hydroxylation is 1. The molecule has 0 N–H and O–H groups in total. The SMILES string of the molecule is CCCCCCCCCc1ccccc1/C(=C/C(=O)[O-])C(=O)[O-].[Ca+2]. The van der Waals surface area contributed by atoms with E-state index in [4.69, 9.17) is 0 Å². The van der Waals surface area contributed by atoms with E-state index in [1.165, 1.54) is 32.1 Å². The Labute approximate surface area is 174 Å². The summed E-state index contributed by atoms with van der Waals surface area (Å²) in [6, 6.07) is 6.96. The number of carboxylic acids is 2. The van der Waals surface area contributed by atoms with Crippen LogP contribution in [0.2, 0.25) is 0 Å². The minimum Gasteiger partial charge on any atom is -0.545 e. The average Bonchev–Trinajstić information content (AvgIpc) is 2.52. The number of hydrogen-bond donors (Lipinski definition) is 0. The summed E-state index contributed by atoms with van der Waals surface area (Å²) in [5.41, 5.74) is 0.906. The molecule has 0 bridgehead atoms. The predicted molar refractivity (Wildman–Crippen MR) is 91.9 cm³/mol. The summed E-state index contributed by atoms with van der Waals surface area (Å²) in [4.78, 5) is 21.9. The third-order valence-electron chi connectivity index (χ3n) is 3.84. The van der Waals surface area contributed by atoms with E-state index in [0.717, 1.165) is 24.8 Å². The van der Waals surface area contributed by atoms with E-state index in [9.17, 15) is 19.8 Å². The third-order valence-corrected chi connectivity index (χ3v) is 3.84. The van der Waals surface area contributed by atoms with Gasteiger partial charge in [-0.15, -0.1) is 0 Å². The number of hydrogen-bond acceptors (Lipinski definition) is 4. The van der Waals surface area contributed by atoms with Crippen molar-refractivity contribution in [1.29, 1.82) is 0 Å². The molecule has 0 aliphatic heterocycles. The molecule has 1 rings (SSSR count). The van der Waals surface area contributed by atoms with Gasteiger partial charge in [-0.2, -0.15) is 0 Å². The summed E-state index contributed by atoms with van der Waals surface area (Å²) in [6.45, 7) is 2.19. The van der Waals surface area contributed by atoms with Gasteiger partial charge in [0, 0.05) is 5.57 Å². The quantitative estimate of drug-likeness (QED) is 0.342. The van der Waals surface area contributed by atoms with E-state index in [1.54, 1.807) is 12.1 Å². The summed E-state index contributed by atoms with van der Waals surface area (Å²) < 4.78 is 0. The minimum absolute atomic E-state index is 0. The standard InChI is InChI=1S/C19H26O4.Ca/c1-2-3-4-5-6-7-8-11-15-12-9-10-13-16(15)17(19(22)23)14-18(20)21;/h9-10,12-14H,2-8,11H2,1H3,(H,20,21)(H,22,23);/q;+2/p-2/b17-14-;. The second-order valence-electron chi connectivity index (χ2n) is 5.69. The number of carboxylic acid groups (broad SMARTS) is 2. The van der Waals surface area contributed by atoms with E-state index < -0.39 is 11.9 Å². The van der Waals surface area contributed by atoms with Crippen LogP contribution in [0.3, 0.4) is 0 Å². The average molecular weight is 356 g/mol. The van der Waals surface area contributed by atoms with Gasteiger partial charge in [0.2, 0.25) is 0 Å². The molecule has 0 spiro atoms. The van der Waals surface area contributed by atoms with Crippen LogP contribution in [0.15, 0.2) is 30.3 Å². The molecule has 0 unspecified atom stereocenters. The van der Waals surface area contributed by atoms with Gasteiger partial charge in [0.1, 0.15) is 0 Å². The van der Waals surface area contributed by atoms with Gasteiger partial charge in [0.05, 0.1) is 11.9 Å². The van der Waals surface area contributed by atoms with Gasteiger partial charge in [0.25, 0.3) is 0 Å². The molecule has 0 heterocycles. The van der Waals surface area contributed by atoms with Gasteiger partial charge in [-0.3, -0.25) is 0 Å². The van der Waals surface area contributed by atoms with Crippen molar-refractivity contribution in [2.75, 3.05) is 0 Å². The van der Waals surface area contributed by atoms with Gasteiger partial charge in [-0.1, -0.05) is 69.7 Å². The molecule has 24 heavy (non-hydrogen) atoms. The molecule has 0 radical (unpaired) electrons. The van der Waals surface area contributed by atoms with Crippen molar-refractivity contribution >= 4 is 55.2 Å². The molecule has 0 fully saturated rings. The Kier molecular flexibility index (Phi) is 13.0. The fourth-order valence-corrected chi connectivity index (χ4v) is 2.64. The molecule has 0 amide bonds. The first-order valence-electron chi connectivity index (χ1n) is 8.28. The number of carbonyl (C=O) groups is 2. The summed E-state index contributed by atoms with van der Waals surface area (Å²) in [5.74, 6) is -3.03. The molecule has 0 aliphatic rings. The fraction of sp³-hybridized carbons (Fsp3) is 0.474. The normalized spacial score (nSPS) is 11.0. The Bertz CT molecular complexity index is 552. The molecule has 0 saturated heterocycles. The second-order valence-corrected chi connectivity index (χ2v) is 5.69. The van der Waals surface area contributed by atoms with Crippen molar-refractivity contribution in [2.24, 2.45) is 0 Å². The van der Waals surface area contributed by atoms with Crippen LogP contribution in [0.25, 0.3) is 5.57 Å². The zero-order chi connectivity index (χ0) is 17.1. The zero-order valence-corrected chi connectivity index (χ0v) is 16.6. The minimum atomic E-state index is -1.53. The van der Waals surface area contributed by atoms with Crippen molar-refractivity contribution in [2.45, 2.75) is 58.3 Å². The number of carbonyl (C=O) groups excluding carboxylic acids is 2. The van der Waals surface area contributed by atoms with E-state index in [0.29, 0.717) is 11.6 Å². The fourth-order valence-electron chi connectivity index (χ4n) is 2.64. The van der Waals surface area contributed by atoms with Crippen LogP contribution in [0.4, 0.5) is 0 Å². The van der Waals surface area contributed by atoms with Crippen LogP contribution in [-0.4, -0.2) is 49.7 Å². The Hall–Kier alpha value is -0.840. The molecular weight excluding hydrogens is 332 g/mol. The van der Waals surface area contributed by atoms with E-state index in [-0.39, 0.29) is 43.3 Å².